The highest BCUT2D eigenvalue weighted by Gasteiger charge is 2.10. The number of rotatable bonds is 2. The molecular weight excluding hydrogens is 268 g/mol. The summed E-state index contributed by atoms with van der Waals surface area (Å²) < 4.78 is 1.12. The summed E-state index contributed by atoms with van der Waals surface area (Å²) in [5, 5.41) is 7.56. The molecule has 0 spiro atoms. The molecule has 0 saturated heterocycles. The Labute approximate surface area is 120 Å². The lowest BCUT2D eigenvalue weighted by Crippen LogP contribution is -2.23. The van der Waals surface area contributed by atoms with E-state index in [-0.39, 0.29) is 17.2 Å². The summed E-state index contributed by atoms with van der Waals surface area (Å²) in [5.41, 5.74) is 1.36. The molecule has 21 heavy (non-hydrogen) atoms. The second-order valence-electron chi connectivity index (χ2n) is 4.51. The monoisotopic (exact) mass is 280 g/mol. The van der Waals surface area contributed by atoms with E-state index in [1.54, 1.807) is 12.3 Å². The molecule has 3 aromatic rings. The molecule has 0 unspecified atom stereocenters. The van der Waals surface area contributed by atoms with Crippen LogP contribution in [0.25, 0.3) is 10.9 Å². The Balaban J connectivity index is 1.96. The van der Waals surface area contributed by atoms with Crippen LogP contribution in [-0.2, 0) is 7.05 Å². The Morgan fingerprint density at radius 1 is 1.14 bits per heavy atom. The summed E-state index contributed by atoms with van der Waals surface area (Å²) in [4.78, 5) is 27.7. The van der Waals surface area contributed by atoms with E-state index in [0.717, 1.165) is 15.6 Å². The van der Waals surface area contributed by atoms with Crippen LogP contribution < -0.4 is 10.9 Å². The fraction of sp³-hybridized carbons (Fsp3) is 0.0667. The Morgan fingerprint density at radius 3 is 2.81 bits per heavy atom. The van der Waals surface area contributed by atoms with Crippen LogP contribution in [0.5, 0.6) is 0 Å². The molecule has 104 valence electrons. The third-order valence-corrected chi connectivity index (χ3v) is 3.09. The highest BCUT2D eigenvalue weighted by molar-refractivity contribution is 6.07. The number of hydrogen-bond donors (Lipinski definition) is 1. The smallest absolute Gasteiger partial charge is 0.276 e. The molecule has 0 aliphatic heterocycles. The summed E-state index contributed by atoms with van der Waals surface area (Å²) in [7, 11) is 1.50. The largest absolute Gasteiger partial charge is 0.320 e. The van der Waals surface area contributed by atoms with Crippen LogP contribution in [-0.4, -0.2) is 20.7 Å². The lowest BCUT2D eigenvalue weighted by atomic mass is 10.2. The fourth-order valence-corrected chi connectivity index (χ4v) is 2.02. The quantitative estimate of drug-likeness (QED) is 0.773. The fourth-order valence-electron chi connectivity index (χ4n) is 2.02. The Kier molecular flexibility index (Phi) is 3.19. The first-order valence-electron chi connectivity index (χ1n) is 6.34. The van der Waals surface area contributed by atoms with Gasteiger partial charge in [0.2, 0.25) is 0 Å². The Bertz CT molecular complexity index is 881. The van der Waals surface area contributed by atoms with E-state index in [0.29, 0.717) is 5.69 Å². The van der Waals surface area contributed by atoms with Crippen molar-refractivity contribution < 1.29 is 4.79 Å². The van der Waals surface area contributed by atoms with Crippen molar-refractivity contribution in [1.29, 1.82) is 0 Å². The first-order chi connectivity index (χ1) is 10.1. The SMILES string of the molecule is Cn1nc(C(=O)Nc2cccc3ncccc23)ccc1=O. The topological polar surface area (TPSA) is 76.9 Å². The number of benzene rings is 1. The number of nitrogens with one attached hydrogen (secondary N) is 1. The molecule has 0 atom stereocenters. The van der Waals surface area contributed by atoms with Gasteiger partial charge in [-0.15, -0.1) is 0 Å². The minimum Gasteiger partial charge on any atom is -0.320 e. The average Bonchev–Trinajstić information content (AvgIpc) is 2.50. The van der Waals surface area contributed by atoms with Crippen LogP contribution in [0.15, 0.2) is 53.5 Å². The van der Waals surface area contributed by atoms with Gasteiger partial charge in [0.05, 0.1) is 11.2 Å². The Hall–Kier alpha value is -3.02. The maximum absolute atomic E-state index is 12.2. The number of carbonyl (C=O) groups excluding carboxylic acids is 1. The van der Waals surface area contributed by atoms with Crippen molar-refractivity contribution in [2.45, 2.75) is 0 Å². The zero-order valence-corrected chi connectivity index (χ0v) is 11.3. The highest BCUT2D eigenvalue weighted by Crippen LogP contribution is 2.21. The van der Waals surface area contributed by atoms with Gasteiger partial charge in [0.1, 0.15) is 5.69 Å². The van der Waals surface area contributed by atoms with Crippen LogP contribution >= 0.6 is 0 Å². The summed E-state index contributed by atoms with van der Waals surface area (Å²) in [5.74, 6) is -0.373. The second-order valence-corrected chi connectivity index (χ2v) is 4.51. The zero-order valence-electron chi connectivity index (χ0n) is 11.3. The van der Waals surface area contributed by atoms with Crippen molar-refractivity contribution in [3.8, 4) is 0 Å². The van der Waals surface area contributed by atoms with Crippen molar-refractivity contribution in [1.82, 2.24) is 14.8 Å². The lowest BCUT2D eigenvalue weighted by Gasteiger charge is -2.08. The van der Waals surface area contributed by atoms with Gasteiger partial charge in [0.25, 0.3) is 11.5 Å². The van der Waals surface area contributed by atoms with Gasteiger partial charge < -0.3 is 5.32 Å². The van der Waals surface area contributed by atoms with Crippen LogP contribution in [0.2, 0.25) is 0 Å². The van der Waals surface area contributed by atoms with Gasteiger partial charge in [-0.3, -0.25) is 14.6 Å². The van der Waals surface area contributed by atoms with E-state index >= 15 is 0 Å². The Morgan fingerprint density at radius 2 is 2.00 bits per heavy atom. The second kappa shape index (κ2) is 5.16. The standard InChI is InChI=1S/C15H12N4O2/c1-19-14(20)8-7-13(18-19)15(21)17-12-6-2-5-11-10(12)4-3-9-16-11/h2-9H,1H3,(H,17,21). The molecule has 1 N–H and O–H groups in total. The molecule has 6 nitrogen and oxygen atoms in total. The van der Waals surface area contributed by atoms with Crippen molar-refractivity contribution >= 4 is 22.5 Å². The molecule has 1 aromatic carbocycles. The van der Waals surface area contributed by atoms with Gasteiger partial charge >= 0.3 is 0 Å². The molecular formula is C15H12N4O2. The van der Waals surface area contributed by atoms with Crippen molar-refractivity contribution in [2.24, 2.45) is 7.05 Å². The molecule has 3 rings (SSSR count). The molecule has 2 heterocycles. The summed E-state index contributed by atoms with van der Waals surface area (Å²) >= 11 is 0. The third kappa shape index (κ3) is 2.51. The van der Waals surface area contributed by atoms with E-state index in [1.165, 1.54) is 19.2 Å². The summed E-state index contributed by atoms with van der Waals surface area (Å²) in [6.07, 6.45) is 1.70. The summed E-state index contributed by atoms with van der Waals surface area (Å²) in [6.45, 7) is 0. The predicted molar refractivity (Wildman–Crippen MR) is 79.2 cm³/mol. The maximum Gasteiger partial charge on any atom is 0.276 e. The number of fused-ring (bicyclic) bond motifs is 1. The van der Waals surface area contributed by atoms with Crippen LogP contribution in [0, 0.1) is 0 Å². The first kappa shape index (κ1) is 13.0. The van der Waals surface area contributed by atoms with E-state index in [4.69, 9.17) is 0 Å². The van der Waals surface area contributed by atoms with Crippen molar-refractivity contribution in [2.75, 3.05) is 5.32 Å². The predicted octanol–water partition coefficient (Wildman–Crippen LogP) is 1.58. The number of hydrogen-bond acceptors (Lipinski definition) is 4. The van der Waals surface area contributed by atoms with Gasteiger partial charge in [0, 0.05) is 24.7 Å². The van der Waals surface area contributed by atoms with E-state index in [9.17, 15) is 9.59 Å². The van der Waals surface area contributed by atoms with E-state index in [1.807, 2.05) is 24.3 Å². The van der Waals surface area contributed by atoms with Crippen molar-refractivity contribution in [3.05, 3.63) is 64.7 Å². The number of aromatic nitrogens is 3. The van der Waals surface area contributed by atoms with Gasteiger partial charge in [-0.2, -0.15) is 5.10 Å². The van der Waals surface area contributed by atoms with Gasteiger partial charge in [-0.1, -0.05) is 6.07 Å². The highest BCUT2D eigenvalue weighted by atomic mass is 16.2. The van der Waals surface area contributed by atoms with Gasteiger partial charge in [-0.05, 0) is 30.3 Å². The third-order valence-electron chi connectivity index (χ3n) is 3.09. The molecule has 0 fully saturated rings. The normalized spacial score (nSPS) is 10.5. The minimum atomic E-state index is -0.373. The molecule has 0 saturated carbocycles. The molecule has 0 aliphatic rings. The van der Waals surface area contributed by atoms with Crippen LogP contribution in [0.3, 0.4) is 0 Å². The minimum absolute atomic E-state index is 0.179. The van der Waals surface area contributed by atoms with Crippen molar-refractivity contribution in [3.63, 3.8) is 0 Å². The molecule has 0 aliphatic carbocycles. The first-order valence-corrected chi connectivity index (χ1v) is 6.34. The average molecular weight is 280 g/mol. The van der Waals surface area contributed by atoms with Crippen LogP contribution in [0.4, 0.5) is 5.69 Å². The zero-order chi connectivity index (χ0) is 14.8. The molecule has 0 radical (unpaired) electrons. The van der Waals surface area contributed by atoms with Gasteiger partial charge in [-0.25, -0.2) is 4.68 Å². The molecule has 6 heteroatoms. The summed E-state index contributed by atoms with van der Waals surface area (Å²) in [6, 6.07) is 11.9. The number of aryl methyl sites for hydroxylation is 1. The number of anilines is 1. The van der Waals surface area contributed by atoms with E-state index in [2.05, 4.69) is 15.4 Å². The van der Waals surface area contributed by atoms with E-state index < -0.39 is 0 Å². The maximum atomic E-state index is 12.2. The number of nitrogens with zero attached hydrogens (tertiary/aromatic N) is 3. The molecule has 0 bridgehead atoms. The molecule has 2 aromatic heterocycles. The number of pyridine rings is 1. The molecule has 1 amide bonds. The lowest BCUT2D eigenvalue weighted by molar-refractivity contribution is 0.102. The number of amides is 1. The van der Waals surface area contributed by atoms with Gasteiger partial charge in [0.15, 0.2) is 0 Å². The van der Waals surface area contributed by atoms with Crippen LogP contribution in [0.1, 0.15) is 10.5 Å². The number of carbonyl (C=O) groups is 1.